The fourth-order valence-corrected chi connectivity index (χ4v) is 6.37. The number of fused-ring (bicyclic) bond motifs is 3. The van der Waals surface area contributed by atoms with Crippen molar-refractivity contribution in [3.05, 3.63) is 72.7 Å². The number of benzene rings is 1. The Morgan fingerprint density at radius 2 is 2.06 bits per heavy atom. The van der Waals surface area contributed by atoms with Gasteiger partial charge in [-0.2, -0.15) is 0 Å². The molecule has 3 aliphatic rings. The van der Waals surface area contributed by atoms with Crippen molar-refractivity contribution >= 4 is 67.4 Å². The van der Waals surface area contributed by atoms with Crippen molar-refractivity contribution in [3.63, 3.8) is 0 Å². The van der Waals surface area contributed by atoms with Crippen molar-refractivity contribution in [1.82, 2.24) is 19.4 Å². The van der Waals surface area contributed by atoms with Crippen LogP contribution in [-0.2, 0) is 12.0 Å². The van der Waals surface area contributed by atoms with E-state index in [9.17, 15) is 4.79 Å². The van der Waals surface area contributed by atoms with Crippen LogP contribution in [0.2, 0.25) is 0 Å². The monoisotopic (exact) mass is 557 g/mol. The van der Waals surface area contributed by atoms with E-state index in [1.807, 2.05) is 6.08 Å². The van der Waals surface area contributed by atoms with Crippen LogP contribution in [0.1, 0.15) is 36.8 Å². The summed E-state index contributed by atoms with van der Waals surface area (Å²) in [6.07, 6.45) is 9.02. The number of likely N-dealkylation sites (N-methyl/N-ethyl adjacent to an activating group) is 1. The Morgan fingerprint density at radius 1 is 1.24 bits per heavy atom. The number of hydrogen-bond donors (Lipinski definition) is 1. The molecule has 1 spiro atoms. The van der Waals surface area contributed by atoms with Crippen LogP contribution in [0.4, 0.5) is 11.6 Å². The van der Waals surface area contributed by atoms with Gasteiger partial charge in [0.25, 0.3) is 5.56 Å². The molecule has 2 aromatic heterocycles. The molecule has 9 heteroatoms. The number of hydrogen-bond acceptors (Lipinski definition) is 5. The maximum absolute atomic E-state index is 13.3. The highest BCUT2D eigenvalue weighted by atomic mass is 79.9. The predicted octanol–water partition coefficient (Wildman–Crippen LogP) is 6.10. The van der Waals surface area contributed by atoms with Gasteiger partial charge in [0.15, 0.2) is 0 Å². The molecule has 34 heavy (non-hydrogen) atoms. The van der Waals surface area contributed by atoms with E-state index in [2.05, 4.69) is 61.4 Å². The lowest BCUT2D eigenvalue weighted by Gasteiger charge is -2.32. The zero-order valence-electron chi connectivity index (χ0n) is 18.5. The molecule has 3 aromatic rings. The molecule has 2 aliphatic carbocycles. The molecule has 6 nitrogen and oxygen atoms in total. The van der Waals surface area contributed by atoms with Gasteiger partial charge in [-0.05, 0) is 71.9 Å². The summed E-state index contributed by atoms with van der Waals surface area (Å²) in [6.45, 7) is 2.07. The minimum Gasteiger partial charge on any atom is -0.324 e. The van der Waals surface area contributed by atoms with E-state index in [1.165, 1.54) is 28.5 Å². The zero-order chi connectivity index (χ0) is 23.6. The Morgan fingerprint density at radius 3 is 2.82 bits per heavy atom. The summed E-state index contributed by atoms with van der Waals surface area (Å²) in [5.41, 5.74) is 4.88. The number of nitrogens with one attached hydrogen (secondary N) is 1. The van der Waals surface area contributed by atoms with Gasteiger partial charge < -0.3 is 10.2 Å². The van der Waals surface area contributed by atoms with Crippen LogP contribution in [0, 0.1) is 0 Å². The lowest BCUT2D eigenvalue weighted by molar-refractivity contribution is 0.271. The molecule has 1 saturated carbocycles. The van der Waals surface area contributed by atoms with Gasteiger partial charge in [0.2, 0.25) is 5.95 Å². The van der Waals surface area contributed by atoms with Gasteiger partial charge in [0.1, 0.15) is 0 Å². The van der Waals surface area contributed by atoms with E-state index in [0.717, 1.165) is 25.2 Å². The number of pyridine rings is 1. The van der Waals surface area contributed by atoms with Crippen LogP contribution >= 0.6 is 39.1 Å². The molecule has 174 valence electrons. The first-order valence-electron chi connectivity index (χ1n) is 11.3. The van der Waals surface area contributed by atoms with Crippen LogP contribution < -0.4 is 10.9 Å². The van der Waals surface area contributed by atoms with Gasteiger partial charge in [0, 0.05) is 41.6 Å². The topological polar surface area (TPSA) is 63.1 Å². The first kappa shape index (κ1) is 22.3. The lowest BCUT2D eigenvalue weighted by atomic mass is 9.87. The third kappa shape index (κ3) is 3.70. The summed E-state index contributed by atoms with van der Waals surface area (Å²) < 4.78 is 2.12. The van der Waals surface area contributed by atoms with Gasteiger partial charge in [0.05, 0.1) is 26.1 Å². The van der Waals surface area contributed by atoms with Crippen molar-refractivity contribution in [3.8, 4) is 0 Å². The van der Waals surface area contributed by atoms with Crippen molar-refractivity contribution < 1.29 is 0 Å². The normalized spacial score (nSPS) is 19.4. The highest BCUT2D eigenvalue weighted by Gasteiger charge is 2.48. The number of rotatable bonds is 3. The van der Waals surface area contributed by atoms with Crippen LogP contribution in [0.25, 0.3) is 16.6 Å². The molecule has 3 heterocycles. The molecule has 0 amide bonds. The fraction of sp³-hybridized carbons (Fsp3) is 0.320. The average Bonchev–Trinajstić information content (AvgIpc) is 3.56. The molecule has 0 atom stereocenters. The molecular formula is C25H22BrCl2N5O. The van der Waals surface area contributed by atoms with Crippen LogP contribution in [0.15, 0.2) is 56.0 Å². The molecular weight excluding hydrogens is 537 g/mol. The molecule has 0 bridgehead atoms. The molecule has 1 aliphatic heterocycles. The minimum absolute atomic E-state index is 0.266. The Kier molecular flexibility index (Phi) is 5.37. The van der Waals surface area contributed by atoms with Crippen molar-refractivity contribution in [2.75, 3.05) is 18.9 Å². The van der Waals surface area contributed by atoms with E-state index in [0.29, 0.717) is 48.9 Å². The Balaban J connectivity index is 1.36. The van der Waals surface area contributed by atoms with Crippen LogP contribution in [-0.4, -0.2) is 33.0 Å². The SMILES string of the molecule is CN1Cc2cc(Nc3ncc4c(=O)n(C5=C(Cl)CCC=C5Cl)cc(Br)c4n3)ccc2C2(CC2)C1. The summed E-state index contributed by atoms with van der Waals surface area (Å²) in [5.74, 6) is 0.434. The summed E-state index contributed by atoms with van der Waals surface area (Å²) in [7, 11) is 2.18. The van der Waals surface area contributed by atoms with Crippen LogP contribution in [0.5, 0.6) is 0 Å². The molecule has 6 rings (SSSR count). The third-order valence-corrected chi connectivity index (χ3v) is 8.20. The van der Waals surface area contributed by atoms with E-state index in [4.69, 9.17) is 23.2 Å². The maximum atomic E-state index is 13.3. The Labute approximate surface area is 215 Å². The summed E-state index contributed by atoms with van der Waals surface area (Å²) in [6, 6.07) is 6.53. The highest BCUT2D eigenvalue weighted by Crippen LogP contribution is 2.52. The molecule has 1 aromatic carbocycles. The predicted molar refractivity (Wildman–Crippen MR) is 141 cm³/mol. The number of allylic oxidation sites excluding steroid dienone is 4. The maximum Gasteiger partial charge on any atom is 0.266 e. The van der Waals surface area contributed by atoms with E-state index in [-0.39, 0.29) is 5.56 Å². The molecule has 0 radical (unpaired) electrons. The van der Waals surface area contributed by atoms with Crippen molar-refractivity contribution in [1.29, 1.82) is 0 Å². The minimum atomic E-state index is -0.266. The number of nitrogens with zero attached hydrogens (tertiary/aromatic N) is 4. The first-order chi connectivity index (χ1) is 16.3. The second-order valence-corrected chi connectivity index (χ2v) is 11.1. The smallest absolute Gasteiger partial charge is 0.266 e. The van der Waals surface area contributed by atoms with Gasteiger partial charge in [-0.15, -0.1) is 0 Å². The van der Waals surface area contributed by atoms with E-state index < -0.39 is 0 Å². The standard InChI is InChI=1S/C25H22BrCl2N5O/c1-32-11-14-9-15(5-6-17(14)25(13-32)7-8-25)30-24-29-10-16-21(31-24)18(26)12-33(23(16)34)22-19(27)3-2-4-20(22)28/h3,5-6,9-10,12H,2,4,7-8,11,13H2,1H3,(H,29,30,31). The number of aromatic nitrogens is 3. The van der Waals surface area contributed by atoms with E-state index >= 15 is 0 Å². The zero-order valence-corrected chi connectivity index (χ0v) is 21.6. The highest BCUT2D eigenvalue weighted by molar-refractivity contribution is 9.10. The quantitative estimate of drug-likeness (QED) is 0.421. The first-order valence-corrected chi connectivity index (χ1v) is 12.8. The second-order valence-electron chi connectivity index (χ2n) is 9.40. The van der Waals surface area contributed by atoms with Gasteiger partial charge in [-0.3, -0.25) is 9.36 Å². The van der Waals surface area contributed by atoms with Crippen molar-refractivity contribution in [2.24, 2.45) is 0 Å². The lowest BCUT2D eigenvalue weighted by Crippen LogP contribution is -2.35. The van der Waals surface area contributed by atoms with E-state index in [1.54, 1.807) is 12.4 Å². The fourth-order valence-electron chi connectivity index (χ4n) is 5.20. The summed E-state index contributed by atoms with van der Waals surface area (Å²) >= 11 is 16.4. The third-order valence-electron chi connectivity index (χ3n) is 6.92. The number of halogens is 3. The molecule has 1 fully saturated rings. The average molecular weight is 559 g/mol. The Hall–Kier alpha value is -2.19. The summed E-state index contributed by atoms with van der Waals surface area (Å²) in [4.78, 5) is 24.7. The number of anilines is 2. The van der Waals surface area contributed by atoms with Gasteiger partial charge >= 0.3 is 0 Å². The van der Waals surface area contributed by atoms with Crippen molar-refractivity contribution in [2.45, 2.75) is 37.6 Å². The van der Waals surface area contributed by atoms with Gasteiger partial charge in [-0.1, -0.05) is 35.3 Å². The molecule has 0 unspecified atom stereocenters. The Bertz CT molecular complexity index is 1470. The van der Waals surface area contributed by atoms with Crippen LogP contribution in [0.3, 0.4) is 0 Å². The van der Waals surface area contributed by atoms with Gasteiger partial charge in [-0.25, -0.2) is 9.97 Å². The summed E-state index contributed by atoms with van der Waals surface area (Å²) in [5, 5.41) is 4.73. The molecule has 0 saturated heterocycles. The largest absolute Gasteiger partial charge is 0.324 e. The molecule has 1 N–H and O–H groups in total. The second kappa shape index (κ2) is 8.19.